The quantitative estimate of drug-likeness (QED) is 0.0246. The number of halogens is 2. The summed E-state index contributed by atoms with van der Waals surface area (Å²) in [7, 11) is 0. The Bertz CT molecular complexity index is 4950. The fourth-order valence-electron chi connectivity index (χ4n) is 16.4. The molecule has 6 aromatic rings. The number of benzene rings is 4. The lowest BCUT2D eigenvalue weighted by Gasteiger charge is -2.32. The van der Waals surface area contributed by atoms with Gasteiger partial charge in [0.1, 0.15) is 24.8 Å². The topological polar surface area (TPSA) is 537 Å². The molecule has 2 unspecified atom stereocenters. The number of carboxylic acids is 4. The van der Waals surface area contributed by atoms with Crippen molar-refractivity contribution in [1.82, 2.24) is 93.4 Å². The van der Waals surface area contributed by atoms with Crippen molar-refractivity contribution in [3.05, 3.63) is 156 Å². The fraction of sp³-hybridized carbons (Fsp3) is 0.500. The minimum Gasteiger partial charge on any atom is -0.481 e. The van der Waals surface area contributed by atoms with E-state index in [1.807, 2.05) is 77.7 Å². The number of carboxylic acid groups (broad SMARTS) is 4. The second-order valence-electron chi connectivity index (χ2n) is 33.3. The molecule has 16 N–H and O–H groups in total. The summed E-state index contributed by atoms with van der Waals surface area (Å²) >= 11 is 0. The molecule has 0 saturated carbocycles. The number of para-hydroxylation sites is 1. The zero-order valence-corrected chi connectivity index (χ0v) is 74.8. The van der Waals surface area contributed by atoms with Crippen LogP contribution in [0.25, 0.3) is 21.7 Å². The van der Waals surface area contributed by atoms with Gasteiger partial charge in [-0.1, -0.05) is 60.7 Å². The molecule has 4 saturated heterocycles. The molecule has 0 bridgehead atoms. The number of piperidine rings is 4. The number of carbonyl (C=O) groups is 12. The molecule has 2 aromatic heterocycles. The van der Waals surface area contributed by atoms with Crippen LogP contribution in [0.2, 0.25) is 0 Å². The van der Waals surface area contributed by atoms with Crippen LogP contribution in [0.4, 0.5) is 18.4 Å². The number of nitrogens with one attached hydrogen (secondary N) is 12. The molecule has 4 fully saturated rings. The molecule has 40 nitrogen and oxygen atoms in total. The molecule has 8 aliphatic heterocycles. The van der Waals surface area contributed by atoms with E-state index in [0.717, 1.165) is 116 Å². The van der Waals surface area contributed by atoms with E-state index in [4.69, 9.17) is 14.6 Å². The van der Waals surface area contributed by atoms with Crippen molar-refractivity contribution in [3.63, 3.8) is 0 Å². The average molecular weight is 1860 g/mol. The second-order valence-corrected chi connectivity index (χ2v) is 33.3. The van der Waals surface area contributed by atoms with E-state index in [1.54, 1.807) is 45.4 Å². The molecule has 14 rings (SSSR count). The number of aliphatic carboxylic acids is 4. The van der Waals surface area contributed by atoms with Gasteiger partial charge in [-0.25, -0.2) is 18.4 Å². The molecule has 8 amide bonds. The number of aromatic nitrogens is 2. The molecular formula is C92H120F2N22O18. The average Bonchev–Trinajstić information content (AvgIpc) is 1.02. The Hall–Kier alpha value is -14.1. The van der Waals surface area contributed by atoms with Gasteiger partial charge in [0.15, 0.2) is 23.8 Å². The molecular weight excluding hydrogens is 1740 g/mol. The van der Waals surface area contributed by atoms with Crippen LogP contribution in [0, 0.1) is 35.3 Å². The molecule has 720 valence electrons. The number of rotatable bonds is 34. The number of likely N-dealkylation sites (tertiary alicyclic amines) is 4. The van der Waals surface area contributed by atoms with Gasteiger partial charge in [0.2, 0.25) is 35.4 Å². The van der Waals surface area contributed by atoms with Gasteiger partial charge in [-0.05, 0) is 134 Å². The monoisotopic (exact) mass is 1860 g/mol. The smallest absolute Gasteiger partial charge is 0.409 e. The Morgan fingerprint density at radius 3 is 1.13 bits per heavy atom. The maximum atomic E-state index is 13.6. The van der Waals surface area contributed by atoms with Gasteiger partial charge in [-0.2, -0.15) is 0 Å². The number of guanidine groups is 4. The first-order valence-corrected chi connectivity index (χ1v) is 45.6. The number of hydrogen-bond donors (Lipinski definition) is 16. The first-order valence-electron chi connectivity index (χ1n) is 45.6. The number of ether oxygens (including phenoxy) is 2. The molecule has 0 aliphatic carbocycles. The molecule has 42 heteroatoms. The normalized spacial score (nSPS) is 17.0. The molecule has 8 aliphatic rings. The van der Waals surface area contributed by atoms with Crippen LogP contribution in [0.15, 0.2) is 142 Å². The summed E-state index contributed by atoms with van der Waals surface area (Å²) in [5.74, 6) is -4.93. The van der Waals surface area contributed by atoms with Gasteiger partial charge >= 0.3 is 36.1 Å². The van der Waals surface area contributed by atoms with Gasteiger partial charge in [0.25, 0.3) is 0 Å². The molecule has 0 radical (unpaired) electrons. The van der Waals surface area contributed by atoms with Crippen molar-refractivity contribution in [3.8, 4) is 0 Å². The molecule has 134 heavy (non-hydrogen) atoms. The Balaban J connectivity index is 0.000000172. The maximum Gasteiger partial charge on any atom is 0.409 e. The largest absolute Gasteiger partial charge is 0.481 e. The SMILES string of the molecule is O=C(O)CC(NC(=O)C1CCN(C(=O)CCCNC2=NCCN2)CC1)c1cc(F)cc(F)c1.O=C(O)CC(NC(=O)C1CCN(C(=O)CCCNC2=NCCN2)CC1)c1ccc2ccccc2c1.O=C(O)C[C@H](NC(=O)C1CCN(C(=O)OCCNC2=NCCN2)CC1)c1cccnc1.O=C(O)C[C@H](NC(=O)C1CCN(C(=O)OCCNC2=NCCN2)CC1)c1cnc2ccccc2c1. The summed E-state index contributed by atoms with van der Waals surface area (Å²) in [6, 6.07) is 26.2. The van der Waals surface area contributed by atoms with E-state index in [2.05, 4.69) is 93.7 Å². The predicted octanol–water partition coefficient (Wildman–Crippen LogP) is 4.58. The summed E-state index contributed by atoms with van der Waals surface area (Å²) < 4.78 is 37.7. The van der Waals surface area contributed by atoms with Crippen molar-refractivity contribution in [2.75, 3.05) is 144 Å². The van der Waals surface area contributed by atoms with Crippen LogP contribution in [0.1, 0.15) is 149 Å². The van der Waals surface area contributed by atoms with Crippen LogP contribution in [-0.2, 0) is 57.4 Å². The van der Waals surface area contributed by atoms with Crippen molar-refractivity contribution >= 4 is 117 Å². The van der Waals surface area contributed by atoms with Crippen molar-refractivity contribution in [1.29, 1.82) is 0 Å². The summed E-state index contributed by atoms with van der Waals surface area (Å²) in [5.41, 5.74) is 2.93. The standard InChI is InChI=1S/C26H33N5O4.C24H30N6O5.C22H29F2N5O4.C20H28N6O5/c32-23(6-3-11-27-26-28-12-13-29-26)31-14-9-19(10-15-31)25(35)30-22(17-24(33)34)21-8-7-18-4-1-2-5-20(18)16-21;31-21(32)14-20(18-13-17-3-1-2-4-19(17)28-15-18)29-22(33)16-5-10-30(11-6-16)24(34)35-12-9-27-23-25-7-8-26-23;23-16-10-15(11-17(24)12-16)18(13-20(31)32)28-21(33)14-3-8-29(9-4-14)19(30)2-1-5-25-22-26-6-7-27-22;27-17(28)12-16(15-2-1-5-21-13-15)25-18(29)14-3-9-26(10-4-14)20(30)31-11-8-24-19-22-6-7-23-19/h1-2,4-5,7-8,16,19,22H,3,6,9-15,17H2,(H,30,35)(H,33,34)(H2,27,28,29);1-4,13,15-16,20H,5-12,14H2,(H,29,33)(H,31,32)(H2,25,26,27);10-12,14,18H,1-9,13H2,(H,28,33)(H,31,32)(H2,25,26,27);1-2,5,13-14,16H,3-4,6-12H2,(H,25,29)(H,27,28)(H2,22,23,24)/t;20-;;16-/m.0.0/s1. The van der Waals surface area contributed by atoms with Crippen molar-refractivity contribution < 1.29 is 96.2 Å². The minimum atomic E-state index is -1.20. The Morgan fingerprint density at radius 2 is 0.739 bits per heavy atom. The zero-order valence-electron chi connectivity index (χ0n) is 74.8. The number of aliphatic imine (C=N–C) groups is 4. The molecule has 4 aromatic carbocycles. The first-order chi connectivity index (χ1) is 64.8. The molecule has 4 atom stereocenters. The second kappa shape index (κ2) is 52.2. The van der Waals surface area contributed by atoms with Gasteiger partial charge in [-0.15, -0.1) is 0 Å². The third-order valence-corrected chi connectivity index (χ3v) is 23.7. The van der Waals surface area contributed by atoms with Crippen LogP contribution in [0.3, 0.4) is 0 Å². The highest BCUT2D eigenvalue weighted by molar-refractivity contribution is 5.88. The van der Waals surface area contributed by atoms with E-state index in [0.29, 0.717) is 172 Å². The highest BCUT2D eigenvalue weighted by Gasteiger charge is 2.36. The predicted molar refractivity (Wildman–Crippen MR) is 490 cm³/mol. The van der Waals surface area contributed by atoms with Gasteiger partial charge in [0, 0.05) is 158 Å². The highest BCUT2D eigenvalue weighted by atomic mass is 19.1. The fourth-order valence-corrected chi connectivity index (χ4v) is 16.4. The Kier molecular flexibility index (Phi) is 39.1. The lowest BCUT2D eigenvalue weighted by Crippen LogP contribution is -2.44. The Morgan fingerprint density at radius 1 is 0.381 bits per heavy atom. The van der Waals surface area contributed by atoms with Crippen LogP contribution < -0.4 is 63.8 Å². The Labute approximate surface area is 773 Å². The zero-order chi connectivity index (χ0) is 95.1. The number of pyridine rings is 2. The molecule has 10 heterocycles. The number of carbonyl (C=O) groups excluding carboxylic acids is 8. The van der Waals surface area contributed by atoms with E-state index in [9.17, 15) is 81.6 Å². The van der Waals surface area contributed by atoms with Crippen molar-refractivity contribution in [2.24, 2.45) is 43.6 Å². The summed E-state index contributed by atoms with van der Waals surface area (Å²) in [6.45, 7) is 12.6. The van der Waals surface area contributed by atoms with E-state index in [1.165, 1.54) is 0 Å². The van der Waals surface area contributed by atoms with E-state index in [-0.39, 0.29) is 91.2 Å². The van der Waals surface area contributed by atoms with Gasteiger partial charge < -0.3 is 113 Å². The van der Waals surface area contributed by atoms with Crippen LogP contribution >= 0.6 is 0 Å². The third kappa shape index (κ3) is 32.7. The minimum absolute atomic E-state index is 0.0240. The number of nitrogens with zero attached hydrogens (tertiary/aromatic N) is 10. The lowest BCUT2D eigenvalue weighted by molar-refractivity contribution is -0.139. The van der Waals surface area contributed by atoms with E-state index >= 15 is 0 Å². The lowest BCUT2D eigenvalue weighted by atomic mass is 9.94. The van der Waals surface area contributed by atoms with Gasteiger partial charge in [0.05, 0.1) is 94.6 Å². The van der Waals surface area contributed by atoms with Crippen LogP contribution in [-0.4, -0.2) is 289 Å². The van der Waals surface area contributed by atoms with Crippen LogP contribution in [0.5, 0.6) is 0 Å². The van der Waals surface area contributed by atoms with E-state index < -0.39 is 84.2 Å². The molecule has 0 spiro atoms. The number of fused-ring (bicyclic) bond motifs is 2. The summed E-state index contributed by atoms with van der Waals surface area (Å²) in [6.07, 6.45) is 9.02. The van der Waals surface area contributed by atoms with Crippen molar-refractivity contribution in [2.45, 2.75) is 127 Å². The first kappa shape index (κ1) is 100. The number of amides is 8. The highest BCUT2D eigenvalue weighted by Crippen LogP contribution is 2.30. The summed E-state index contributed by atoms with van der Waals surface area (Å²) in [5, 5.41) is 76.2. The summed E-state index contributed by atoms with van der Waals surface area (Å²) in [4.78, 5) is 178. The van der Waals surface area contributed by atoms with Gasteiger partial charge in [-0.3, -0.25) is 77.9 Å². The third-order valence-electron chi connectivity index (χ3n) is 23.7. The number of hydrogen-bond acceptors (Lipinski definition) is 28. The maximum absolute atomic E-state index is 13.6.